The zero-order chi connectivity index (χ0) is 54.2. The molecule has 0 unspecified atom stereocenters. The van der Waals surface area contributed by atoms with Gasteiger partial charge in [-0.3, -0.25) is 29.1 Å². The number of amides is 3. The third-order valence-electron chi connectivity index (χ3n) is 13.1. The standard InChI is InChI=1S/C55H72N4O18/c1-65-41-8-6-40(7-9-41)59-35-44-53(52(38-31-39(36-60)55(67-3)48(32-38)66-2)42-33-46-47(77-37-76-46)34-43(42)54(44)57-59)45(61)5-4-13-56-49(62)12-15-68-17-19-70-21-23-72-25-27-74-29-30-75-28-26-73-24-22-71-20-18-69-16-14-58-50(63)10-11-51(58)64/h6-11,31-34,44,52-53,60H,4-5,12-30,35-37H2,1-3H3,(H,56,62)/t44-,52+,53+/m0/s1. The number of benzene rings is 3. The van der Waals surface area contributed by atoms with Crippen molar-refractivity contribution in [1.82, 2.24) is 10.2 Å². The number of aliphatic hydroxyl groups excluding tert-OH is 1. The molecular formula is C55H72N4O18. The smallest absolute Gasteiger partial charge is 0.253 e. The SMILES string of the molecule is COc1ccc(N2C[C@@H]3C(=N2)c2cc4c(cc2[C@@H](c2cc(CO)c(OC)c(OC)c2)[C@H]3C(=O)CCCNC(=O)CCOCCOCCOCCOCCOCCOCCOCCOCCN2C(=O)C=CC2=O)OCO4)cc1. The molecule has 0 spiro atoms. The van der Waals surface area contributed by atoms with Crippen LogP contribution in [0.1, 0.15) is 47.4 Å². The summed E-state index contributed by atoms with van der Waals surface area (Å²) in [6.45, 7) is 6.80. The van der Waals surface area contributed by atoms with Crippen LogP contribution in [0.4, 0.5) is 5.69 Å². The van der Waals surface area contributed by atoms with Crippen molar-refractivity contribution in [2.75, 3.05) is 158 Å². The van der Waals surface area contributed by atoms with Crippen molar-refractivity contribution in [2.24, 2.45) is 16.9 Å². The van der Waals surface area contributed by atoms with Crippen LogP contribution in [0, 0.1) is 11.8 Å². The van der Waals surface area contributed by atoms with Gasteiger partial charge in [-0.05, 0) is 66.1 Å². The van der Waals surface area contributed by atoms with Gasteiger partial charge in [0.15, 0.2) is 23.0 Å². The minimum Gasteiger partial charge on any atom is -0.497 e. The Morgan fingerprint density at radius 3 is 1.78 bits per heavy atom. The van der Waals surface area contributed by atoms with E-state index in [1.165, 1.54) is 19.3 Å². The highest BCUT2D eigenvalue weighted by molar-refractivity contribution is 6.13. The maximum Gasteiger partial charge on any atom is 0.253 e. The number of aliphatic hydroxyl groups is 1. The number of imide groups is 1. The van der Waals surface area contributed by atoms with Crippen LogP contribution >= 0.6 is 0 Å². The van der Waals surface area contributed by atoms with Crippen LogP contribution in [0.5, 0.6) is 28.7 Å². The van der Waals surface area contributed by atoms with Gasteiger partial charge in [0.25, 0.3) is 11.8 Å². The van der Waals surface area contributed by atoms with Crippen LogP contribution in [0.15, 0.2) is 65.8 Å². The second kappa shape index (κ2) is 31.3. The van der Waals surface area contributed by atoms with E-state index in [2.05, 4.69) is 5.32 Å². The number of Topliss-reactive ketones (excluding diaryl/α,β-unsaturated/α-hetero) is 1. The third-order valence-corrected chi connectivity index (χ3v) is 13.1. The number of carbonyl (C=O) groups excluding carboxylic acids is 4. The monoisotopic (exact) mass is 1080 g/mol. The van der Waals surface area contributed by atoms with Gasteiger partial charge in [0, 0.05) is 60.4 Å². The maximum atomic E-state index is 14.9. The molecule has 22 heteroatoms. The van der Waals surface area contributed by atoms with Crippen LogP contribution in [-0.4, -0.2) is 193 Å². The Morgan fingerprint density at radius 1 is 0.675 bits per heavy atom. The Kier molecular flexibility index (Phi) is 23.7. The van der Waals surface area contributed by atoms with E-state index in [9.17, 15) is 24.3 Å². The Labute approximate surface area is 448 Å². The minimum absolute atomic E-state index is 0.00969. The van der Waals surface area contributed by atoms with Crippen molar-refractivity contribution in [1.29, 1.82) is 0 Å². The van der Waals surface area contributed by atoms with E-state index < -0.39 is 11.8 Å². The summed E-state index contributed by atoms with van der Waals surface area (Å²) in [4.78, 5) is 51.8. The van der Waals surface area contributed by atoms with Crippen LogP contribution in [0.25, 0.3) is 0 Å². The number of ether oxygens (including phenoxy) is 13. The number of fused-ring (bicyclic) bond motifs is 4. The lowest BCUT2D eigenvalue weighted by molar-refractivity contribution is -0.137. The summed E-state index contributed by atoms with van der Waals surface area (Å²) in [6.07, 6.45) is 3.27. The lowest BCUT2D eigenvalue weighted by Gasteiger charge is -2.38. The van der Waals surface area contributed by atoms with E-state index >= 15 is 0 Å². The molecule has 7 rings (SSSR count). The largest absolute Gasteiger partial charge is 0.497 e. The summed E-state index contributed by atoms with van der Waals surface area (Å²) in [6, 6.07) is 15.3. The fourth-order valence-electron chi connectivity index (χ4n) is 9.36. The first-order valence-corrected chi connectivity index (χ1v) is 26.0. The van der Waals surface area contributed by atoms with E-state index in [1.54, 1.807) is 14.2 Å². The van der Waals surface area contributed by atoms with Crippen molar-refractivity contribution in [3.05, 3.63) is 82.9 Å². The topological polar surface area (TPSA) is 239 Å². The molecule has 3 atom stereocenters. The fourth-order valence-corrected chi connectivity index (χ4v) is 9.36. The molecule has 0 aromatic heterocycles. The average Bonchev–Trinajstić information content (AvgIpc) is 4.26. The third kappa shape index (κ3) is 16.6. The van der Waals surface area contributed by atoms with E-state index in [4.69, 9.17) is 66.7 Å². The van der Waals surface area contributed by atoms with Crippen molar-refractivity contribution in [3.8, 4) is 28.7 Å². The van der Waals surface area contributed by atoms with Gasteiger partial charge >= 0.3 is 0 Å². The maximum absolute atomic E-state index is 14.9. The molecule has 1 aliphatic carbocycles. The van der Waals surface area contributed by atoms with Gasteiger partial charge in [-0.1, -0.05) is 0 Å². The minimum atomic E-state index is -0.587. The van der Waals surface area contributed by atoms with Crippen molar-refractivity contribution in [3.63, 3.8) is 0 Å². The van der Waals surface area contributed by atoms with Crippen molar-refractivity contribution < 1.29 is 85.9 Å². The number of methoxy groups -OCH3 is 3. The van der Waals surface area contributed by atoms with Crippen LogP contribution in [0.2, 0.25) is 0 Å². The number of hydrogen-bond acceptors (Lipinski definition) is 20. The van der Waals surface area contributed by atoms with Crippen LogP contribution < -0.4 is 34.0 Å². The number of hydrazone groups is 1. The van der Waals surface area contributed by atoms with Gasteiger partial charge in [-0.2, -0.15) is 5.10 Å². The molecule has 22 nitrogen and oxygen atoms in total. The summed E-state index contributed by atoms with van der Waals surface area (Å²) in [5.41, 5.74) is 4.60. The number of anilines is 1. The number of nitrogens with zero attached hydrogens (tertiary/aromatic N) is 3. The summed E-state index contributed by atoms with van der Waals surface area (Å²) in [7, 11) is 4.68. The number of nitrogens with one attached hydrogen (secondary N) is 1. The summed E-state index contributed by atoms with van der Waals surface area (Å²) in [5, 5.41) is 20.5. The van der Waals surface area contributed by atoms with Gasteiger partial charge in [0.05, 0.1) is 158 Å². The van der Waals surface area contributed by atoms with Gasteiger partial charge in [0.2, 0.25) is 12.7 Å². The number of ketones is 1. The molecule has 3 aromatic rings. The highest BCUT2D eigenvalue weighted by atomic mass is 16.7. The van der Waals surface area contributed by atoms with Crippen molar-refractivity contribution in [2.45, 2.75) is 31.8 Å². The second-order valence-corrected chi connectivity index (χ2v) is 18.0. The molecule has 0 bridgehead atoms. The molecule has 0 saturated heterocycles. The number of rotatable bonds is 38. The predicted molar refractivity (Wildman–Crippen MR) is 278 cm³/mol. The molecule has 3 aromatic carbocycles. The normalized spacial score (nSPS) is 17.2. The van der Waals surface area contributed by atoms with Gasteiger partial charge in [-0.15, -0.1) is 0 Å². The van der Waals surface area contributed by atoms with Crippen LogP contribution in [0.3, 0.4) is 0 Å². The fraction of sp³-hybridized carbons (Fsp3) is 0.545. The molecule has 420 valence electrons. The average molecular weight is 1080 g/mol. The molecule has 3 heterocycles. The Hall–Kier alpha value is -6.21. The molecule has 0 fully saturated rings. The second-order valence-electron chi connectivity index (χ2n) is 18.0. The molecule has 0 radical (unpaired) electrons. The van der Waals surface area contributed by atoms with E-state index in [-0.39, 0.29) is 75.4 Å². The van der Waals surface area contributed by atoms with Crippen LogP contribution in [-0.2, 0) is 63.7 Å². The zero-order valence-corrected chi connectivity index (χ0v) is 44.2. The first kappa shape index (κ1) is 58.5. The molecule has 2 N–H and O–H groups in total. The number of hydrogen-bond donors (Lipinski definition) is 2. The predicted octanol–water partition coefficient (Wildman–Crippen LogP) is 3.45. The number of carbonyl (C=O) groups is 4. The van der Waals surface area contributed by atoms with Gasteiger partial charge in [-0.25, -0.2) is 0 Å². The summed E-state index contributed by atoms with van der Waals surface area (Å²) < 4.78 is 72.6. The lowest BCUT2D eigenvalue weighted by atomic mass is 9.63. The summed E-state index contributed by atoms with van der Waals surface area (Å²) >= 11 is 0. The van der Waals surface area contributed by atoms with E-state index in [1.807, 2.05) is 53.5 Å². The summed E-state index contributed by atoms with van der Waals surface area (Å²) in [5.74, 6) is 0.511. The van der Waals surface area contributed by atoms with E-state index in [0.29, 0.717) is 146 Å². The zero-order valence-electron chi connectivity index (χ0n) is 44.2. The van der Waals surface area contributed by atoms with Gasteiger partial charge in [0.1, 0.15) is 11.5 Å². The quantitative estimate of drug-likeness (QED) is 0.0617. The Bertz CT molecular complexity index is 2410. The van der Waals surface area contributed by atoms with Crippen molar-refractivity contribution >= 4 is 34.9 Å². The molecule has 0 saturated carbocycles. The van der Waals surface area contributed by atoms with Gasteiger partial charge < -0.3 is 72.0 Å². The highest BCUT2D eigenvalue weighted by Gasteiger charge is 2.49. The van der Waals surface area contributed by atoms with E-state index in [0.717, 1.165) is 33.0 Å². The molecule has 4 aliphatic rings. The first-order chi connectivity index (χ1) is 37.7. The Balaban J connectivity index is 0.744. The molecule has 3 amide bonds. The molecule has 3 aliphatic heterocycles. The highest BCUT2D eigenvalue weighted by Crippen LogP contribution is 2.52. The lowest BCUT2D eigenvalue weighted by Crippen LogP contribution is -2.41. The molecular weight excluding hydrogens is 1000 g/mol. The Morgan fingerprint density at radius 2 is 1.23 bits per heavy atom. The molecule has 77 heavy (non-hydrogen) atoms. The first-order valence-electron chi connectivity index (χ1n) is 26.0.